The van der Waals surface area contributed by atoms with Crippen molar-refractivity contribution in [2.75, 3.05) is 12.4 Å². The van der Waals surface area contributed by atoms with Crippen molar-refractivity contribution in [2.45, 2.75) is 13.5 Å². The minimum absolute atomic E-state index is 0.315. The van der Waals surface area contributed by atoms with E-state index in [1.165, 1.54) is 4.70 Å². The molecule has 3 aromatic rings. The predicted octanol–water partition coefficient (Wildman–Crippen LogP) is 4.55. The van der Waals surface area contributed by atoms with E-state index in [1.807, 2.05) is 37.5 Å². The average molecular weight is 350 g/mol. The lowest BCUT2D eigenvalue weighted by molar-refractivity contribution is 0.951. The highest BCUT2D eigenvalue weighted by Gasteiger charge is 2.02. The van der Waals surface area contributed by atoms with Gasteiger partial charge in [-0.2, -0.15) is 0 Å². The number of fused-ring (bicyclic) bond motifs is 1. The van der Waals surface area contributed by atoms with Gasteiger partial charge in [0.1, 0.15) is 10.8 Å². The van der Waals surface area contributed by atoms with Crippen molar-refractivity contribution in [3.05, 3.63) is 64.8 Å². The molecule has 25 heavy (non-hydrogen) atoms. The third-order valence-electron chi connectivity index (χ3n) is 3.88. The highest BCUT2D eigenvalue weighted by molar-refractivity contribution is 7.19. The Morgan fingerprint density at radius 3 is 2.76 bits per heavy atom. The lowest BCUT2D eigenvalue weighted by Gasteiger charge is -2.00. The quantitative estimate of drug-likeness (QED) is 0.684. The summed E-state index contributed by atoms with van der Waals surface area (Å²) in [6, 6.07) is 10.2. The molecule has 0 amide bonds. The van der Waals surface area contributed by atoms with E-state index in [4.69, 9.17) is 5.73 Å². The first-order valence-corrected chi connectivity index (χ1v) is 9.09. The summed E-state index contributed by atoms with van der Waals surface area (Å²) >= 11 is 1.69. The van der Waals surface area contributed by atoms with Gasteiger partial charge in [0.25, 0.3) is 0 Å². The van der Waals surface area contributed by atoms with Crippen LogP contribution in [0.25, 0.3) is 22.4 Å². The van der Waals surface area contributed by atoms with Crippen LogP contribution < -0.4 is 11.1 Å². The summed E-state index contributed by atoms with van der Waals surface area (Å²) in [5.41, 5.74) is 8.96. The standard InChI is InChI=1S/C20H22N4S/c1-14(3-5-15-7-9-19(22-2)23-13-15)4-10-20-24-17-8-6-16(12-21)11-18(17)25-20/h3-11,13-14H,12,21H2,1-2H3,(H,22,23)/b5-3+,10-4+. The second-order valence-corrected chi connectivity index (χ2v) is 6.92. The van der Waals surface area contributed by atoms with Gasteiger partial charge < -0.3 is 11.1 Å². The van der Waals surface area contributed by atoms with Crippen molar-refractivity contribution < 1.29 is 0 Å². The van der Waals surface area contributed by atoms with Crippen LogP contribution in [0.3, 0.4) is 0 Å². The Kier molecular flexibility index (Phi) is 5.58. The normalized spacial score (nSPS) is 13.1. The third-order valence-corrected chi connectivity index (χ3v) is 4.87. The fraction of sp³-hybridized carbons (Fsp3) is 0.200. The molecule has 0 spiro atoms. The minimum atomic E-state index is 0.315. The highest BCUT2D eigenvalue weighted by Crippen LogP contribution is 2.24. The summed E-state index contributed by atoms with van der Waals surface area (Å²) in [5.74, 6) is 1.19. The van der Waals surface area contributed by atoms with Gasteiger partial charge in [-0.3, -0.25) is 0 Å². The number of allylic oxidation sites excluding steroid dienone is 2. The first-order valence-electron chi connectivity index (χ1n) is 8.27. The number of nitrogens with zero attached hydrogens (tertiary/aromatic N) is 2. The molecule has 1 atom stereocenters. The van der Waals surface area contributed by atoms with Crippen LogP contribution in [0.2, 0.25) is 0 Å². The maximum absolute atomic E-state index is 5.70. The number of aromatic nitrogens is 2. The number of benzene rings is 1. The van der Waals surface area contributed by atoms with Crippen molar-refractivity contribution in [3.8, 4) is 0 Å². The van der Waals surface area contributed by atoms with Crippen molar-refractivity contribution in [2.24, 2.45) is 11.7 Å². The molecule has 0 fully saturated rings. The number of rotatable bonds is 6. The van der Waals surface area contributed by atoms with Gasteiger partial charge in [0.2, 0.25) is 0 Å². The second-order valence-electron chi connectivity index (χ2n) is 5.86. The van der Waals surface area contributed by atoms with Crippen LogP contribution in [0.15, 0.2) is 48.7 Å². The smallest absolute Gasteiger partial charge is 0.125 e. The predicted molar refractivity (Wildman–Crippen MR) is 109 cm³/mol. The van der Waals surface area contributed by atoms with Crippen molar-refractivity contribution in [1.82, 2.24) is 9.97 Å². The first kappa shape index (κ1) is 17.3. The van der Waals surface area contributed by atoms with Crippen molar-refractivity contribution >= 4 is 39.5 Å². The van der Waals surface area contributed by atoms with Gasteiger partial charge in [0, 0.05) is 19.8 Å². The van der Waals surface area contributed by atoms with E-state index in [9.17, 15) is 0 Å². The lowest BCUT2D eigenvalue weighted by atomic mass is 10.1. The van der Waals surface area contributed by atoms with E-state index in [0.29, 0.717) is 12.5 Å². The molecule has 0 radical (unpaired) electrons. The Bertz CT molecular complexity index is 894. The van der Waals surface area contributed by atoms with Crippen LogP contribution in [0.1, 0.15) is 23.1 Å². The van der Waals surface area contributed by atoms with Gasteiger partial charge in [-0.15, -0.1) is 11.3 Å². The fourth-order valence-corrected chi connectivity index (χ4v) is 3.34. The number of anilines is 1. The number of thiazole rings is 1. The first-order chi connectivity index (χ1) is 12.2. The Labute approximate surface area is 152 Å². The average Bonchev–Trinajstić information content (AvgIpc) is 3.07. The molecule has 0 bridgehead atoms. The highest BCUT2D eigenvalue weighted by atomic mass is 32.1. The molecule has 0 saturated heterocycles. The zero-order chi connectivity index (χ0) is 17.6. The zero-order valence-corrected chi connectivity index (χ0v) is 15.3. The lowest BCUT2D eigenvalue weighted by Crippen LogP contribution is -1.94. The van der Waals surface area contributed by atoms with Crippen LogP contribution in [0.5, 0.6) is 0 Å². The van der Waals surface area contributed by atoms with Gasteiger partial charge in [-0.25, -0.2) is 9.97 Å². The van der Waals surface area contributed by atoms with E-state index >= 15 is 0 Å². The third kappa shape index (κ3) is 4.53. The molecule has 2 heterocycles. The molecular weight excluding hydrogens is 328 g/mol. The van der Waals surface area contributed by atoms with Crippen LogP contribution >= 0.6 is 11.3 Å². The Morgan fingerprint density at radius 2 is 2.04 bits per heavy atom. The van der Waals surface area contributed by atoms with Crippen LogP contribution in [0, 0.1) is 5.92 Å². The maximum atomic E-state index is 5.70. The fourth-order valence-electron chi connectivity index (χ4n) is 2.40. The van der Waals surface area contributed by atoms with Gasteiger partial charge in [-0.1, -0.05) is 31.2 Å². The van der Waals surface area contributed by atoms with E-state index < -0.39 is 0 Å². The molecule has 0 aliphatic rings. The molecule has 1 aromatic carbocycles. The van der Waals surface area contributed by atoms with Crippen LogP contribution in [0.4, 0.5) is 5.82 Å². The van der Waals surface area contributed by atoms with E-state index in [1.54, 1.807) is 11.3 Å². The molecule has 1 unspecified atom stereocenters. The van der Waals surface area contributed by atoms with Gasteiger partial charge in [0.15, 0.2) is 0 Å². The number of nitrogens with one attached hydrogen (secondary N) is 1. The Hall–Kier alpha value is -2.50. The largest absolute Gasteiger partial charge is 0.373 e. The van der Waals surface area contributed by atoms with Crippen molar-refractivity contribution in [3.63, 3.8) is 0 Å². The monoisotopic (exact) mass is 350 g/mol. The van der Waals surface area contributed by atoms with E-state index in [2.05, 4.69) is 52.6 Å². The van der Waals surface area contributed by atoms with Crippen LogP contribution in [-0.2, 0) is 6.54 Å². The summed E-state index contributed by atoms with van der Waals surface area (Å²) in [4.78, 5) is 8.96. The summed E-state index contributed by atoms with van der Waals surface area (Å²) in [6.45, 7) is 2.72. The molecule has 0 aliphatic carbocycles. The molecule has 4 nitrogen and oxygen atoms in total. The van der Waals surface area contributed by atoms with Crippen molar-refractivity contribution in [1.29, 1.82) is 0 Å². The Balaban J connectivity index is 1.67. The van der Waals surface area contributed by atoms with Gasteiger partial charge in [-0.05, 0) is 47.4 Å². The zero-order valence-electron chi connectivity index (χ0n) is 14.4. The number of hydrogen-bond donors (Lipinski definition) is 2. The molecule has 0 saturated carbocycles. The van der Waals surface area contributed by atoms with E-state index in [-0.39, 0.29) is 0 Å². The molecule has 3 N–H and O–H groups in total. The van der Waals surface area contributed by atoms with Crippen LogP contribution in [-0.4, -0.2) is 17.0 Å². The summed E-state index contributed by atoms with van der Waals surface area (Å²) in [6.07, 6.45) is 10.4. The Morgan fingerprint density at radius 1 is 1.20 bits per heavy atom. The SMILES string of the molecule is CNc1ccc(/C=C/C(C)/C=C/c2nc3ccc(CN)cc3s2)cn1. The molecule has 128 valence electrons. The summed E-state index contributed by atoms with van der Waals surface area (Å²) in [5, 5.41) is 4.03. The second kappa shape index (κ2) is 8.05. The van der Waals surface area contributed by atoms with Gasteiger partial charge >= 0.3 is 0 Å². The summed E-state index contributed by atoms with van der Waals surface area (Å²) in [7, 11) is 1.86. The number of pyridine rings is 1. The van der Waals surface area contributed by atoms with Gasteiger partial charge in [0.05, 0.1) is 10.2 Å². The molecule has 2 aromatic heterocycles. The summed E-state index contributed by atoms with van der Waals surface area (Å²) < 4.78 is 1.18. The topological polar surface area (TPSA) is 63.8 Å². The minimum Gasteiger partial charge on any atom is -0.373 e. The molecule has 3 rings (SSSR count). The van der Waals surface area contributed by atoms with E-state index in [0.717, 1.165) is 27.5 Å². The number of hydrogen-bond acceptors (Lipinski definition) is 5. The molecule has 0 aliphatic heterocycles. The molecular formula is C20H22N4S. The maximum Gasteiger partial charge on any atom is 0.125 e. The molecule has 5 heteroatoms. The number of nitrogens with two attached hydrogens (primary N) is 1.